The maximum absolute atomic E-state index is 12.1. The predicted octanol–water partition coefficient (Wildman–Crippen LogP) is 3.65. The molecule has 6 nitrogen and oxygen atoms in total. The van der Waals surface area contributed by atoms with Crippen LogP contribution in [0.1, 0.15) is 36.2 Å². The first-order valence-electron chi connectivity index (χ1n) is 8.55. The second-order valence-electron chi connectivity index (χ2n) is 5.42. The molecule has 0 atom stereocenters. The van der Waals surface area contributed by atoms with Crippen molar-refractivity contribution in [1.29, 1.82) is 0 Å². The summed E-state index contributed by atoms with van der Waals surface area (Å²) in [7, 11) is 1.58. The predicted molar refractivity (Wildman–Crippen MR) is 101 cm³/mol. The van der Waals surface area contributed by atoms with Gasteiger partial charge in [0.05, 0.1) is 26.5 Å². The van der Waals surface area contributed by atoms with Crippen molar-refractivity contribution in [3.63, 3.8) is 0 Å². The zero-order chi connectivity index (χ0) is 18.8. The van der Waals surface area contributed by atoms with Crippen molar-refractivity contribution in [1.82, 2.24) is 5.43 Å². The van der Waals surface area contributed by atoms with Gasteiger partial charge in [-0.25, -0.2) is 5.43 Å². The molecule has 0 unspecified atom stereocenters. The van der Waals surface area contributed by atoms with E-state index < -0.39 is 0 Å². The molecule has 0 aliphatic rings. The first-order chi connectivity index (χ1) is 12.7. The molecule has 0 fully saturated rings. The van der Waals surface area contributed by atoms with Crippen LogP contribution >= 0.6 is 0 Å². The normalized spacial score (nSPS) is 10.6. The largest absolute Gasteiger partial charge is 0.494 e. The van der Waals surface area contributed by atoms with Gasteiger partial charge in [0.25, 0.3) is 5.91 Å². The quantitative estimate of drug-likeness (QED) is 0.550. The Morgan fingerprint density at radius 2 is 1.85 bits per heavy atom. The van der Waals surface area contributed by atoms with Gasteiger partial charge in [-0.1, -0.05) is 6.92 Å². The van der Waals surface area contributed by atoms with E-state index in [4.69, 9.17) is 14.2 Å². The summed E-state index contributed by atoms with van der Waals surface area (Å²) in [5.74, 6) is 1.74. The molecule has 0 saturated carbocycles. The summed E-state index contributed by atoms with van der Waals surface area (Å²) < 4.78 is 16.3. The van der Waals surface area contributed by atoms with Gasteiger partial charge in [-0.2, -0.15) is 5.10 Å². The van der Waals surface area contributed by atoms with Crippen LogP contribution in [-0.4, -0.2) is 32.4 Å². The number of carbonyl (C=O) groups is 1. The summed E-state index contributed by atoms with van der Waals surface area (Å²) >= 11 is 0. The molecule has 0 bridgehead atoms. The molecule has 0 aliphatic carbocycles. The number of hydrogen-bond acceptors (Lipinski definition) is 5. The minimum atomic E-state index is -0.291. The molecule has 2 aromatic rings. The number of ether oxygens (including phenoxy) is 3. The fraction of sp³-hybridized carbons (Fsp3) is 0.300. The van der Waals surface area contributed by atoms with E-state index in [9.17, 15) is 4.79 Å². The zero-order valence-electron chi connectivity index (χ0n) is 15.3. The lowest BCUT2D eigenvalue weighted by Crippen LogP contribution is -2.17. The van der Waals surface area contributed by atoms with Crippen molar-refractivity contribution in [2.24, 2.45) is 5.10 Å². The number of methoxy groups -OCH3 is 1. The topological polar surface area (TPSA) is 69.2 Å². The average Bonchev–Trinajstić information content (AvgIpc) is 2.67. The SMILES string of the molecule is CCCOc1ccc(C(=O)N/N=C/c2ccc(OCC)c(OC)c2)cc1. The van der Waals surface area contributed by atoms with E-state index in [2.05, 4.69) is 10.5 Å². The van der Waals surface area contributed by atoms with E-state index in [1.807, 2.05) is 19.9 Å². The number of hydrazone groups is 1. The molecule has 0 aromatic heterocycles. The van der Waals surface area contributed by atoms with Crippen molar-refractivity contribution in [2.45, 2.75) is 20.3 Å². The highest BCUT2D eigenvalue weighted by molar-refractivity contribution is 5.95. The smallest absolute Gasteiger partial charge is 0.271 e. The Hall–Kier alpha value is -3.02. The summed E-state index contributed by atoms with van der Waals surface area (Å²) in [6.45, 7) is 5.16. The fourth-order valence-corrected chi connectivity index (χ4v) is 2.19. The zero-order valence-corrected chi connectivity index (χ0v) is 15.3. The summed E-state index contributed by atoms with van der Waals surface area (Å²) in [5.41, 5.74) is 3.80. The highest BCUT2D eigenvalue weighted by Gasteiger charge is 2.06. The highest BCUT2D eigenvalue weighted by atomic mass is 16.5. The van der Waals surface area contributed by atoms with Crippen LogP contribution in [0.25, 0.3) is 0 Å². The molecule has 138 valence electrons. The lowest BCUT2D eigenvalue weighted by atomic mass is 10.2. The molecular weight excluding hydrogens is 332 g/mol. The molecule has 0 radical (unpaired) electrons. The van der Waals surface area contributed by atoms with Gasteiger partial charge < -0.3 is 14.2 Å². The Morgan fingerprint density at radius 3 is 2.50 bits per heavy atom. The van der Waals surface area contributed by atoms with Crippen LogP contribution in [0.4, 0.5) is 0 Å². The van der Waals surface area contributed by atoms with Crippen LogP contribution in [0.3, 0.4) is 0 Å². The molecule has 2 rings (SSSR count). The van der Waals surface area contributed by atoms with E-state index in [-0.39, 0.29) is 5.91 Å². The molecule has 2 aromatic carbocycles. The standard InChI is InChI=1S/C20H24N2O4/c1-4-12-26-17-9-7-16(8-10-17)20(23)22-21-14-15-6-11-18(25-5-2)19(13-15)24-3/h6-11,13-14H,4-5,12H2,1-3H3,(H,22,23)/b21-14+. The summed E-state index contributed by atoms with van der Waals surface area (Å²) in [4.78, 5) is 12.1. The lowest BCUT2D eigenvalue weighted by Gasteiger charge is -2.09. The third-order valence-corrected chi connectivity index (χ3v) is 3.46. The van der Waals surface area contributed by atoms with Crippen LogP contribution in [0.2, 0.25) is 0 Å². The molecule has 1 amide bonds. The maximum Gasteiger partial charge on any atom is 0.271 e. The Balaban J connectivity index is 1.96. The number of nitrogens with zero attached hydrogens (tertiary/aromatic N) is 1. The first-order valence-corrected chi connectivity index (χ1v) is 8.55. The van der Waals surface area contributed by atoms with Crippen molar-refractivity contribution in [3.05, 3.63) is 53.6 Å². The van der Waals surface area contributed by atoms with E-state index in [1.165, 1.54) is 0 Å². The second-order valence-corrected chi connectivity index (χ2v) is 5.42. The molecule has 0 aliphatic heterocycles. The van der Waals surface area contributed by atoms with E-state index in [0.717, 1.165) is 17.7 Å². The number of nitrogens with one attached hydrogen (secondary N) is 1. The van der Waals surface area contributed by atoms with Gasteiger partial charge in [0.15, 0.2) is 11.5 Å². The van der Waals surface area contributed by atoms with Gasteiger partial charge in [0, 0.05) is 5.56 Å². The third kappa shape index (κ3) is 5.51. The van der Waals surface area contributed by atoms with Gasteiger partial charge in [-0.05, 0) is 61.4 Å². The van der Waals surface area contributed by atoms with Crippen molar-refractivity contribution >= 4 is 12.1 Å². The van der Waals surface area contributed by atoms with Crippen molar-refractivity contribution in [2.75, 3.05) is 20.3 Å². The van der Waals surface area contributed by atoms with E-state index in [1.54, 1.807) is 49.7 Å². The molecule has 1 N–H and O–H groups in total. The average molecular weight is 356 g/mol. The van der Waals surface area contributed by atoms with Gasteiger partial charge in [0.2, 0.25) is 0 Å². The van der Waals surface area contributed by atoms with Crippen LogP contribution in [0.5, 0.6) is 17.2 Å². The number of hydrogen-bond donors (Lipinski definition) is 1. The van der Waals surface area contributed by atoms with Crippen molar-refractivity contribution < 1.29 is 19.0 Å². The summed E-state index contributed by atoms with van der Waals surface area (Å²) in [5, 5.41) is 3.99. The summed E-state index contributed by atoms with van der Waals surface area (Å²) in [6.07, 6.45) is 2.49. The summed E-state index contributed by atoms with van der Waals surface area (Å²) in [6, 6.07) is 12.4. The second kappa shape index (κ2) is 10.1. The number of benzene rings is 2. The maximum atomic E-state index is 12.1. The molecule has 26 heavy (non-hydrogen) atoms. The molecule has 0 saturated heterocycles. The van der Waals surface area contributed by atoms with Crippen LogP contribution in [-0.2, 0) is 0 Å². The number of carbonyl (C=O) groups excluding carboxylic acids is 1. The lowest BCUT2D eigenvalue weighted by molar-refractivity contribution is 0.0955. The van der Waals surface area contributed by atoms with Gasteiger partial charge >= 0.3 is 0 Å². The fourth-order valence-electron chi connectivity index (χ4n) is 2.19. The van der Waals surface area contributed by atoms with Crippen LogP contribution in [0.15, 0.2) is 47.6 Å². The van der Waals surface area contributed by atoms with Crippen LogP contribution in [0, 0.1) is 0 Å². The minimum Gasteiger partial charge on any atom is -0.494 e. The Labute approximate surface area is 153 Å². The van der Waals surface area contributed by atoms with Gasteiger partial charge in [-0.3, -0.25) is 4.79 Å². The van der Waals surface area contributed by atoms with Gasteiger partial charge in [-0.15, -0.1) is 0 Å². The first kappa shape index (κ1) is 19.3. The van der Waals surface area contributed by atoms with E-state index in [0.29, 0.717) is 30.3 Å². The van der Waals surface area contributed by atoms with Crippen LogP contribution < -0.4 is 19.6 Å². The minimum absolute atomic E-state index is 0.291. The Kier molecular flexibility index (Phi) is 7.49. The molecule has 0 heterocycles. The van der Waals surface area contributed by atoms with Crippen molar-refractivity contribution in [3.8, 4) is 17.2 Å². The monoisotopic (exact) mass is 356 g/mol. The number of rotatable bonds is 9. The third-order valence-electron chi connectivity index (χ3n) is 3.46. The molecule has 6 heteroatoms. The highest BCUT2D eigenvalue weighted by Crippen LogP contribution is 2.27. The molecule has 0 spiro atoms. The molecular formula is C20H24N2O4. The van der Waals surface area contributed by atoms with Gasteiger partial charge in [0.1, 0.15) is 5.75 Å². The Morgan fingerprint density at radius 1 is 1.08 bits per heavy atom. The number of amides is 1. The Bertz CT molecular complexity index is 742. The van der Waals surface area contributed by atoms with E-state index >= 15 is 0 Å².